The number of carbonyl (C=O) groups excluding carboxylic acids is 1. The number of halogens is 1. The molecule has 2 heterocycles. The van der Waals surface area contributed by atoms with Gasteiger partial charge in [-0.25, -0.2) is 9.37 Å². The molecule has 1 aliphatic rings. The SMILES string of the molecule is O=C(c1ccc2oc(Cc3ccccc3)nc2c1)N1CCC[C@H]1c1ccc(F)cc1. The summed E-state index contributed by atoms with van der Waals surface area (Å²) in [5.41, 5.74) is 4.05. The molecular weight excluding hydrogens is 379 g/mol. The van der Waals surface area contributed by atoms with Crippen LogP contribution >= 0.6 is 0 Å². The maximum Gasteiger partial charge on any atom is 0.254 e. The number of benzene rings is 3. The van der Waals surface area contributed by atoms with Crippen molar-refractivity contribution in [1.82, 2.24) is 9.88 Å². The lowest BCUT2D eigenvalue weighted by Gasteiger charge is -2.25. The molecule has 4 aromatic rings. The minimum atomic E-state index is -0.266. The molecule has 1 amide bonds. The van der Waals surface area contributed by atoms with Crippen molar-refractivity contribution in [3.8, 4) is 0 Å². The van der Waals surface area contributed by atoms with E-state index in [4.69, 9.17) is 4.42 Å². The van der Waals surface area contributed by atoms with Gasteiger partial charge >= 0.3 is 0 Å². The average molecular weight is 400 g/mol. The minimum Gasteiger partial charge on any atom is -0.440 e. The van der Waals surface area contributed by atoms with E-state index in [1.165, 1.54) is 12.1 Å². The maximum atomic E-state index is 13.3. The number of carbonyl (C=O) groups is 1. The van der Waals surface area contributed by atoms with Crippen molar-refractivity contribution in [3.63, 3.8) is 0 Å². The van der Waals surface area contributed by atoms with Crippen molar-refractivity contribution in [2.24, 2.45) is 0 Å². The first-order valence-electron chi connectivity index (χ1n) is 10.2. The quantitative estimate of drug-likeness (QED) is 0.452. The van der Waals surface area contributed by atoms with E-state index < -0.39 is 0 Å². The third-order valence-electron chi connectivity index (χ3n) is 5.65. The number of likely N-dealkylation sites (tertiary alicyclic amines) is 1. The van der Waals surface area contributed by atoms with E-state index in [-0.39, 0.29) is 17.8 Å². The number of rotatable bonds is 4. The molecule has 1 aromatic heterocycles. The number of nitrogens with zero attached hydrogens (tertiary/aromatic N) is 2. The highest BCUT2D eigenvalue weighted by Crippen LogP contribution is 2.33. The lowest BCUT2D eigenvalue weighted by atomic mass is 10.0. The Balaban J connectivity index is 1.39. The Morgan fingerprint density at radius 1 is 1.07 bits per heavy atom. The van der Waals surface area contributed by atoms with E-state index in [2.05, 4.69) is 4.98 Å². The highest BCUT2D eigenvalue weighted by atomic mass is 19.1. The summed E-state index contributed by atoms with van der Waals surface area (Å²) in [4.78, 5) is 19.7. The summed E-state index contributed by atoms with van der Waals surface area (Å²) in [7, 11) is 0. The maximum absolute atomic E-state index is 13.3. The molecule has 0 N–H and O–H groups in total. The summed E-state index contributed by atoms with van der Waals surface area (Å²) >= 11 is 0. The van der Waals surface area contributed by atoms with Gasteiger partial charge in [0.15, 0.2) is 11.5 Å². The monoisotopic (exact) mass is 400 g/mol. The molecule has 5 heteroatoms. The Morgan fingerprint density at radius 2 is 1.87 bits per heavy atom. The molecule has 0 saturated carbocycles. The number of hydrogen-bond acceptors (Lipinski definition) is 3. The summed E-state index contributed by atoms with van der Waals surface area (Å²) < 4.78 is 19.1. The molecule has 0 radical (unpaired) electrons. The van der Waals surface area contributed by atoms with Gasteiger partial charge in [0.1, 0.15) is 11.3 Å². The Bertz CT molecular complexity index is 1180. The Hall–Kier alpha value is -3.47. The Morgan fingerprint density at radius 3 is 2.67 bits per heavy atom. The third kappa shape index (κ3) is 3.59. The molecule has 1 atom stereocenters. The van der Waals surface area contributed by atoms with E-state index in [1.807, 2.05) is 41.3 Å². The highest BCUT2D eigenvalue weighted by Gasteiger charge is 2.30. The van der Waals surface area contributed by atoms with Crippen LogP contribution in [0.2, 0.25) is 0 Å². The fourth-order valence-electron chi connectivity index (χ4n) is 4.16. The van der Waals surface area contributed by atoms with E-state index in [9.17, 15) is 9.18 Å². The summed E-state index contributed by atoms with van der Waals surface area (Å²) in [6.07, 6.45) is 2.42. The largest absolute Gasteiger partial charge is 0.440 e. The Kier molecular flexibility index (Phi) is 4.79. The summed E-state index contributed by atoms with van der Waals surface area (Å²) in [6.45, 7) is 0.691. The number of oxazole rings is 1. The van der Waals surface area contributed by atoms with Crippen molar-refractivity contribution >= 4 is 17.0 Å². The van der Waals surface area contributed by atoms with Gasteiger partial charge in [0, 0.05) is 18.5 Å². The van der Waals surface area contributed by atoms with Gasteiger partial charge in [-0.05, 0) is 54.3 Å². The number of aromatic nitrogens is 1. The van der Waals surface area contributed by atoms with E-state index >= 15 is 0 Å². The third-order valence-corrected chi connectivity index (χ3v) is 5.65. The molecule has 4 nitrogen and oxygen atoms in total. The second-order valence-electron chi connectivity index (χ2n) is 7.66. The second kappa shape index (κ2) is 7.75. The van der Waals surface area contributed by atoms with E-state index in [0.717, 1.165) is 24.0 Å². The van der Waals surface area contributed by atoms with Crippen LogP contribution in [0.25, 0.3) is 11.1 Å². The van der Waals surface area contributed by atoms with Gasteiger partial charge < -0.3 is 9.32 Å². The molecule has 0 spiro atoms. The van der Waals surface area contributed by atoms with Gasteiger partial charge in [-0.15, -0.1) is 0 Å². The van der Waals surface area contributed by atoms with Crippen LogP contribution in [0.4, 0.5) is 4.39 Å². The summed E-state index contributed by atoms with van der Waals surface area (Å²) in [6, 6.07) is 21.8. The molecule has 3 aromatic carbocycles. The first kappa shape index (κ1) is 18.6. The minimum absolute atomic E-state index is 0.0280. The highest BCUT2D eigenvalue weighted by molar-refractivity contribution is 5.97. The molecule has 1 aliphatic heterocycles. The van der Waals surface area contributed by atoms with Gasteiger partial charge in [-0.2, -0.15) is 0 Å². The predicted molar refractivity (Wildman–Crippen MR) is 113 cm³/mol. The van der Waals surface area contributed by atoms with Gasteiger partial charge in [-0.3, -0.25) is 4.79 Å². The first-order chi connectivity index (χ1) is 14.7. The van der Waals surface area contributed by atoms with Gasteiger partial charge in [0.25, 0.3) is 5.91 Å². The van der Waals surface area contributed by atoms with Crippen LogP contribution in [0.3, 0.4) is 0 Å². The van der Waals surface area contributed by atoms with Crippen LogP contribution in [0.5, 0.6) is 0 Å². The Labute approximate surface area is 174 Å². The van der Waals surface area contributed by atoms with Crippen LogP contribution < -0.4 is 0 Å². The zero-order chi connectivity index (χ0) is 20.5. The normalized spacial score (nSPS) is 16.3. The van der Waals surface area contributed by atoms with Crippen LogP contribution in [0, 0.1) is 5.82 Å². The van der Waals surface area contributed by atoms with Crippen molar-refractivity contribution < 1.29 is 13.6 Å². The lowest BCUT2D eigenvalue weighted by Crippen LogP contribution is -2.30. The summed E-state index contributed by atoms with van der Waals surface area (Å²) in [5, 5.41) is 0. The smallest absolute Gasteiger partial charge is 0.254 e. The van der Waals surface area contributed by atoms with E-state index in [0.29, 0.717) is 35.5 Å². The van der Waals surface area contributed by atoms with E-state index in [1.54, 1.807) is 24.3 Å². The van der Waals surface area contributed by atoms with Crippen LogP contribution in [0.1, 0.15) is 46.3 Å². The molecule has 150 valence electrons. The molecule has 0 bridgehead atoms. The molecule has 5 rings (SSSR count). The summed E-state index contributed by atoms with van der Waals surface area (Å²) in [5.74, 6) is 0.333. The van der Waals surface area contributed by atoms with Crippen molar-refractivity contribution in [2.75, 3.05) is 6.54 Å². The standard InChI is InChI=1S/C25H21FN2O2/c26-20-11-8-18(9-12-20)22-7-4-14-28(22)25(29)19-10-13-23-21(16-19)27-24(30-23)15-17-5-2-1-3-6-17/h1-3,5-6,8-13,16,22H,4,7,14-15H2/t22-/m0/s1. The lowest BCUT2D eigenvalue weighted by molar-refractivity contribution is 0.0736. The fourth-order valence-corrected chi connectivity index (χ4v) is 4.16. The van der Waals surface area contributed by atoms with Gasteiger partial charge in [0.05, 0.1) is 6.04 Å². The molecule has 30 heavy (non-hydrogen) atoms. The fraction of sp³-hybridized carbons (Fsp3) is 0.200. The number of fused-ring (bicyclic) bond motifs is 1. The van der Waals surface area contributed by atoms with Gasteiger partial charge in [-0.1, -0.05) is 42.5 Å². The van der Waals surface area contributed by atoms with Crippen molar-refractivity contribution in [3.05, 3.63) is 101 Å². The van der Waals surface area contributed by atoms with Crippen molar-refractivity contribution in [1.29, 1.82) is 0 Å². The molecule has 0 aliphatic carbocycles. The average Bonchev–Trinajstić information content (AvgIpc) is 3.40. The van der Waals surface area contributed by atoms with Crippen LogP contribution in [-0.4, -0.2) is 22.3 Å². The van der Waals surface area contributed by atoms with Crippen molar-refractivity contribution in [2.45, 2.75) is 25.3 Å². The molecular formula is C25H21FN2O2. The number of hydrogen-bond donors (Lipinski definition) is 0. The first-order valence-corrected chi connectivity index (χ1v) is 10.2. The number of amides is 1. The molecule has 1 fully saturated rings. The van der Waals surface area contributed by atoms with Crippen LogP contribution in [0.15, 0.2) is 77.2 Å². The zero-order valence-electron chi connectivity index (χ0n) is 16.4. The molecule has 0 unspecified atom stereocenters. The second-order valence-corrected chi connectivity index (χ2v) is 7.66. The topological polar surface area (TPSA) is 46.3 Å². The van der Waals surface area contributed by atoms with Crippen LogP contribution in [-0.2, 0) is 6.42 Å². The molecule has 1 saturated heterocycles. The van der Waals surface area contributed by atoms with Gasteiger partial charge in [0.2, 0.25) is 0 Å². The zero-order valence-corrected chi connectivity index (χ0v) is 16.4. The predicted octanol–water partition coefficient (Wildman–Crippen LogP) is 5.54.